The lowest BCUT2D eigenvalue weighted by atomic mass is 10.4. The summed E-state index contributed by atoms with van der Waals surface area (Å²) in [5.74, 6) is 0. The van der Waals surface area contributed by atoms with Gasteiger partial charge in [-0.1, -0.05) is 24.4 Å². The maximum Gasteiger partial charge on any atom is 0.135 e. The van der Waals surface area contributed by atoms with E-state index in [1.165, 1.54) is 0 Å². The molecule has 0 aromatic carbocycles. The fourth-order valence-corrected chi connectivity index (χ4v) is 2.54. The largest absolute Gasteiger partial charge is 0.361 e. The SMILES string of the molecule is S=C(NCN1CCNCC1)C(=S)NCN1CCNCC1. The van der Waals surface area contributed by atoms with E-state index in [0.29, 0.717) is 9.98 Å². The van der Waals surface area contributed by atoms with Crippen LogP contribution in [0, 0.1) is 0 Å². The third-order valence-electron chi connectivity index (χ3n) is 3.55. The van der Waals surface area contributed by atoms with Gasteiger partial charge < -0.3 is 21.3 Å². The van der Waals surface area contributed by atoms with Gasteiger partial charge in [-0.3, -0.25) is 9.80 Å². The highest BCUT2D eigenvalue weighted by Gasteiger charge is 2.12. The molecule has 0 aromatic rings. The van der Waals surface area contributed by atoms with Crippen LogP contribution >= 0.6 is 24.4 Å². The molecule has 20 heavy (non-hydrogen) atoms. The number of nitrogens with zero attached hydrogens (tertiary/aromatic N) is 2. The van der Waals surface area contributed by atoms with Crippen LogP contribution in [0.4, 0.5) is 0 Å². The Bertz CT molecular complexity index is 294. The molecule has 2 aliphatic heterocycles. The lowest BCUT2D eigenvalue weighted by Gasteiger charge is -2.29. The molecule has 2 heterocycles. The zero-order valence-electron chi connectivity index (χ0n) is 11.8. The van der Waals surface area contributed by atoms with Crippen LogP contribution in [0.2, 0.25) is 0 Å². The molecule has 0 radical (unpaired) electrons. The van der Waals surface area contributed by atoms with E-state index in [9.17, 15) is 0 Å². The van der Waals surface area contributed by atoms with Crippen LogP contribution in [0.25, 0.3) is 0 Å². The Hall–Kier alpha value is -0.380. The molecule has 0 saturated carbocycles. The van der Waals surface area contributed by atoms with Crippen molar-refractivity contribution < 1.29 is 0 Å². The van der Waals surface area contributed by atoms with Crippen LogP contribution in [0.1, 0.15) is 0 Å². The van der Waals surface area contributed by atoms with Crippen LogP contribution in [-0.4, -0.2) is 85.5 Å². The summed E-state index contributed by atoms with van der Waals surface area (Å²) in [6.07, 6.45) is 0. The van der Waals surface area contributed by atoms with Crippen molar-refractivity contribution >= 4 is 34.4 Å². The minimum absolute atomic E-state index is 0.647. The second-order valence-electron chi connectivity index (χ2n) is 5.06. The Balaban J connectivity index is 1.59. The summed E-state index contributed by atoms with van der Waals surface area (Å²) in [5.41, 5.74) is 0. The minimum atomic E-state index is 0.647. The summed E-state index contributed by atoms with van der Waals surface area (Å²) < 4.78 is 0. The van der Waals surface area contributed by atoms with E-state index < -0.39 is 0 Å². The van der Waals surface area contributed by atoms with Gasteiger partial charge in [0.2, 0.25) is 0 Å². The first-order valence-electron chi connectivity index (χ1n) is 7.18. The lowest BCUT2D eigenvalue weighted by molar-refractivity contribution is 0.236. The molecule has 0 bridgehead atoms. The molecule has 6 nitrogen and oxygen atoms in total. The summed E-state index contributed by atoms with van der Waals surface area (Å²) in [7, 11) is 0. The Morgan fingerprint density at radius 3 is 1.45 bits per heavy atom. The second kappa shape index (κ2) is 8.81. The predicted molar refractivity (Wildman–Crippen MR) is 90.1 cm³/mol. The smallest absolute Gasteiger partial charge is 0.135 e. The van der Waals surface area contributed by atoms with Crippen molar-refractivity contribution in [3.63, 3.8) is 0 Å². The highest BCUT2D eigenvalue weighted by molar-refractivity contribution is 7.89. The maximum absolute atomic E-state index is 5.32. The third kappa shape index (κ3) is 5.55. The molecule has 114 valence electrons. The Morgan fingerprint density at radius 1 is 0.750 bits per heavy atom. The average molecular weight is 317 g/mol. The molecular formula is C12H24N6S2. The zero-order valence-corrected chi connectivity index (χ0v) is 13.4. The van der Waals surface area contributed by atoms with Crippen LogP contribution in [-0.2, 0) is 0 Å². The van der Waals surface area contributed by atoms with Gasteiger partial charge in [0, 0.05) is 52.4 Å². The van der Waals surface area contributed by atoms with Crippen molar-refractivity contribution in [2.75, 3.05) is 65.7 Å². The molecule has 0 unspecified atom stereocenters. The lowest BCUT2D eigenvalue weighted by Crippen LogP contribution is -2.52. The van der Waals surface area contributed by atoms with Crippen molar-refractivity contribution in [2.45, 2.75) is 0 Å². The molecule has 2 saturated heterocycles. The van der Waals surface area contributed by atoms with E-state index in [1.54, 1.807) is 0 Å². The van der Waals surface area contributed by atoms with Crippen LogP contribution in [0.15, 0.2) is 0 Å². The van der Waals surface area contributed by atoms with Crippen molar-refractivity contribution in [1.82, 2.24) is 31.1 Å². The van der Waals surface area contributed by atoms with Crippen molar-refractivity contribution in [1.29, 1.82) is 0 Å². The van der Waals surface area contributed by atoms with E-state index in [0.717, 1.165) is 65.7 Å². The fraction of sp³-hybridized carbons (Fsp3) is 0.833. The topological polar surface area (TPSA) is 54.6 Å². The Morgan fingerprint density at radius 2 is 1.10 bits per heavy atom. The molecule has 2 fully saturated rings. The number of piperazine rings is 2. The van der Waals surface area contributed by atoms with Crippen molar-refractivity contribution in [3.05, 3.63) is 0 Å². The van der Waals surface area contributed by atoms with Gasteiger partial charge in [0.15, 0.2) is 0 Å². The minimum Gasteiger partial charge on any atom is -0.361 e. The highest BCUT2D eigenvalue weighted by Crippen LogP contribution is 1.92. The molecule has 8 heteroatoms. The predicted octanol–water partition coefficient (Wildman–Crippen LogP) is -1.45. The third-order valence-corrected chi connectivity index (χ3v) is 4.38. The average Bonchev–Trinajstić information content (AvgIpc) is 2.52. The van der Waals surface area contributed by atoms with Crippen LogP contribution < -0.4 is 21.3 Å². The van der Waals surface area contributed by atoms with Gasteiger partial charge in [-0.25, -0.2) is 0 Å². The van der Waals surface area contributed by atoms with Crippen LogP contribution in [0.5, 0.6) is 0 Å². The standard InChI is InChI=1S/C12H24N6S2/c19-11(15-9-17-5-1-13-2-6-17)12(20)16-10-18-7-3-14-4-8-18/h13-14H,1-10H2,(H,15,19)(H,16,20). The van der Waals surface area contributed by atoms with E-state index >= 15 is 0 Å². The summed E-state index contributed by atoms with van der Waals surface area (Å²) in [6.45, 7) is 9.92. The Kier molecular flexibility index (Phi) is 7.05. The molecular weight excluding hydrogens is 292 g/mol. The number of hydrogen-bond acceptors (Lipinski definition) is 6. The summed E-state index contributed by atoms with van der Waals surface area (Å²) in [6, 6.07) is 0. The summed E-state index contributed by atoms with van der Waals surface area (Å²) in [4.78, 5) is 5.96. The Labute approximate surface area is 131 Å². The summed E-state index contributed by atoms with van der Waals surface area (Å²) in [5, 5.41) is 13.1. The monoisotopic (exact) mass is 316 g/mol. The normalized spacial score (nSPS) is 21.4. The van der Waals surface area contributed by atoms with E-state index in [4.69, 9.17) is 24.4 Å². The first-order chi connectivity index (χ1) is 9.75. The molecule has 2 rings (SSSR count). The summed E-state index contributed by atoms with van der Waals surface area (Å²) >= 11 is 10.6. The van der Waals surface area contributed by atoms with Crippen LogP contribution in [0.3, 0.4) is 0 Å². The van der Waals surface area contributed by atoms with E-state index in [2.05, 4.69) is 31.1 Å². The van der Waals surface area contributed by atoms with Gasteiger partial charge in [-0.15, -0.1) is 0 Å². The first kappa shape index (κ1) is 16.0. The number of rotatable bonds is 4. The fourth-order valence-electron chi connectivity index (χ4n) is 2.27. The first-order valence-corrected chi connectivity index (χ1v) is 7.99. The quantitative estimate of drug-likeness (QED) is 0.470. The number of hydrogen-bond donors (Lipinski definition) is 4. The maximum atomic E-state index is 5.32. The van der Waals surface area contributed by atoms with Gasteiger partial charge >= 0.3 is 0 Å². The number of thiocarbonyl (C=S) groups is 2. The molecule has 0 spiro atoms. The van der Waals surface area contributed by atoms with Gasteiger partial charge in [-0.05, 0) is 0 Å². The highest BCUT2D eigenvalue weighted by atomic mass is 32.1. The molecule has 0 aliphatic carbocycles. The van der Waals surface area contributed by atoms with Gasteiger partial charge in [0.25, 0.3) is 0 Å². The van der Waals surface area contributed by atoms with E-state index in [1.807, 2.05) is 0 Å². The molecule has 0 aromatic heterocycles. The van der Waals surface area contributed by atoms with Crippen molar-refractivity contribution in [3.8, 4) is 0 Å². The number of nitrogens with one attached hydrogen (secondary N) is 4. The van der Waals surface area contributed by atoms with Gasteiger partial charge in [0.1, 0.15) is 9.98 Å². The zero-order chi connectivity index (χ0) is 14.2. The van der Waals surface area contributed by atoms with Gasteiger partial charge in [-0.2, -0.15) is 0 Å². The van der Waals surface area contributed by atoms with Gasteiger partial charge in [0.05, 0.1) is 13.3 Å². The molecule has 0 atom stereocenters. The van der Waals surface area contributed by atoms with Crippen molar-refractivity contribution in [2.24, 2.45) is 0 Å². The molecule has 2 aliphatic rings. The van der Waals surface area contributed by atoms with E-state index in [-0.39, 0.29) is 0 Å². The second-order valence-corrected chi connectivity index (χ2v) is 5.88. The molecule has 0 amide bonds. The molecule has 4 N–H and O–H groups in total.